The molecule has 2 atom stereocenters. The number of allylic oxidation sites excluding steroid dienone is 2. The number of anilines is 1. The van der Waals surface area contributed by atoms with Crippen LogP contribution in [-0.2, 0) is 0 Å². The van der Waals surface area contributed by atoms with E-state index in [0.717, 1.165) is 45.7 Å². The summed E-state index contributed by atoms with van der Waals surface area (Å²) in [4.78, 5) is 14.1. The van der Waals surface area contributed by atoms with Crippen LogP contribution < -0.4 is 10.1 Å². The molecule has 0 aliphatic carbocycles. The van der Waals surface area contributed by atoms with Gasteiger partial charge >= 0.3 is 0 Å². The summed E-state index contributed by atoms with van der Waals surface area (Å²) >= 11 is 0. The van der Waals surface area contributed by atoms with E-state index in [9.17, 15) is 4.39 Å². The monoisotopic (exact) mass is 462 g/mol. The molecular weight excluding hydrogens is 427 g/mol. The van der Waals surface area contributed by atoms with E-state index in [1.807, 2.05) is 32.1 Å². The molecule has 2 aromatic carbocycles. The molecule has 0 aliphatic rings. The molecule has 3 rings (SSSR count). The molecular formula is C28H35FN4O. The van der Waals surface area contributed by atoms with Gasteiger partial charge in [0.05, 0.1) is 13.2 Å². The summed E-state index contributed by atoms with van der Waals surface area (Å²) in [5.41, 5.74) is 4.63. The average Bonchev–Trinajstić information content (AvgIpc) is 2.85. The van der Waals surface area contributed by atoms with Crippen LogP contribution in [0.5, 0.6) is 5.75 Å². The van der Waals surface area contributed by atoms with Crippen molar-refractivity contribution in [3.05, 3.63) is 60.3 Å². The van der Waals surface area contributed by atoms with Gasteiger partial charge in [0, 0.05) is 16.8 Å². The minimum atomic E-state index is -0.268. The van der Waals surface area contributed by atoms with Crippen molar-refractivity contribution >= 4 is 22.4 Å². The predicted octanol–water partition coefficient (Wildman–Crippen LogP) is 7.29. The van der Waals surface area contributed by atoms with Gasteiger partial charge in [0.15, 0.2) is 0 Å². The summed E-state index contributed by atoms with van der Waals surface area (Å²) in [6.45, 7) is 12.8. The smallest absolute Gasteiger partial charge is 0.145 e. The van der Waals surface area contributed by atoms with E-state index in [1.54, 1.807) is 25.6 Å². The Morgan fingerprint density at radius 2 is 1.82 bits per heavy atom. The second kappa shape index (κ2) is 11.2. The van der Waals surface area contributed by atoms with Gasteiger partial charge in [0.2, 0.25) is 0 Å². The molecule has 34 heavy (non-hydrogen) atoms. The lowest BCUT2D eigenvalue weighted by Crippen LogP contribution is -2.38. The van der Waals surface area contributed by atoms with Gasteiger partial charge in [-0.25, -0.2) is 14.4 Å². The lowest BCUT2D eigenvalue weighted by molar-refractivity contribution is 0.419. The van der Waals surface area contributed by atoms with Crippen molar-refractivity contribution in [2.75, 3.05) is 12.4 Å². The molecule has 5 nitrogen and oxygen atoms in total. The van der Waals surface area contributed by atoms with E-state index in [4.69, 9.17) is 9.73 Å². The minimum absolute atomic E-state index is 0.0107. The number of nitrogens with one attached hydrogen (secondary N) is 1. The van der Waals surface area contributed by atoms with Gasteiger partial charge in [-0.1, -0.05) is 45.9 Å². The van der Waals surface area contributed by atoms with Crippen LogP contribution in [-0.4, -0.2) is 28.8 Å². The van der Waals surface area contributed by atoms with Crippen molar-refractivity contribution < 1.29 is 9.13 Å². The molecule has 1 aromatic heterocycles. The lowest BCUT2D eigenvalue weighted by Gasteiger charge is -2.29. The quantitative estimate of drug-likeness (QED) is 0.339. The van der Waals surface area contributed by atoms with Gasteiger partial charge in [0.1, 0.15) is 29.2 Å². The zero-order valence-electron chi connectivity index (χ0n) is 21.2. The zero-order chi connectivity index (χ0) is 24.8. The zero-order valence-corrected chi connectivity index (χ0v) is 21.2. The number of ether oxygens (including phenoxy) is 1. The Morgan fingerprint density at radius 1 is 1.12 bits per heavy atom. The van der Waals surface area contributed by atoms with Crippen LogP contribution in [0.1, 0.15) is 48.0 Å². The highest BCUT2D eigenvalue weighted by molar-refractivity contribution is 5.99. The summed E-state index contributed by atoms with van der Waals surface area (Å²) in [7, 11) is 1.63. The van der Waals surface area contributed by atoms with Crippen LogP contribution in [0.4, 0.5) is 10.2 Å². The molecule has 0 amide bonds. The van der Waals surface area contributed by atoms with Gasteiger partial charge in [-0.15, -0.1) is 0 Å². The van der Waals surface area contributed by atoms with Crippen molar-refractivity contribution in [3.8, 4) is 16.9 Å². The Morgan fingerprint density at radius 3 is 2.41 bits per heavy atom. The number of aliphatic imine (C=N–C) groups is 1. The van der Waals surface area contributed by atoms with Crippen molar-refractivity contribution in [2.45, 2.75) is 54.0 Å². The fraction of sp³-hybridized carbons (Fsp3) is 0.393. The second-order valence-electron chi connectivity index (χ2n) is 8.95. The van der Waals surface area contributed by atoms with Crippen LogP contribution in [0.3, 0.4) is 0 Å². The first-order valence-electron chi connectivity index (χ1n) is 11.9. The van der Waals surface area contributed by atoms with Gasteiger partial charge in [0.25, 0.3) is 0 Å². The van der Waals surface area contributed by atoms with Crippen LogP contribution in [0.25, 0.3) is 22.0 Å². The first-order valence-corrected chi connectivity index (χ1v) is 11.9. The van der Waals surface area contributed by atoms with E-state index in [-0.39, 0.29) is 17.8 Å². The van der Waals surface area contributed by atoms with Crippen molar-refractivity contribution in [1.29, 1.82) is 0 Å². The number of fused-ring (bicyclic) bond motifs is 1. The maximum Gasteiger partial charge on any atom is 0.145 e. The molecule has 0 fully saturated rings. The summed E-state index contributed by atoms with van der Waals surface area (Å²) in [6.07, 6.45) is 4.58. The standard InChI is InChI=1S/C28H35FN4O/c1-8-18(5)26(32-19(6)9-2)25(17(3)4)33-28-23-14-21(20-10-12-22(29)13-11-20)15-24(34-7)27(23)30-16-31-28/h9-18,25H,8H2,1-7H3,(H,30,31,33)/b19-9-,32-26?. The Labute approximate surface area is 202 Å². The SMILES string of the molecule is C/C=C(/C)N=C(C(C)CC)C(Nc1ncnc2c(OC)cc(-c3ccc(F)cc3)cc12)C(C)C. The Hall–Kier alpha value is -3.28. The third-order valence-electron chi connectivity index (χ3n) is 6.22. The molecule has 0 saturated carbocycles. The van der Waals surface area contributed by atoms with Crippen molar-refractivity contribution in [2.24, 2.45) is 16.8 Å². The maximum absolute atomic E-state index is 13.5. The van der Waals surface area contributed by atoms with Gasteiger partial charge in [-0.2, -0.15) is 0 Å². The summed E-state index contributed by atoms with van der Waals surface area (Å²) in [6, 6.07) is 10.4. The Kier molecular flexibility index (Phi) is 8.37. The number of methoxy groups -OCH3 is 1. The van der Waals surface area contributed by atoms with Gasteiger partial charge < -0.3 is 10.1 Å². The number of hydrogen-bond acceptors (Lipinski definition) is 5. The topological polar surface area (TPSA) is 59.4 Å². The van der Waals surface area contributed by atoms with Crippen LogP contribution in [0.2, 0.25) is 0 Å². The van der Waals surface area contributed by atoms with Gasteiger partial charge in [-0.3, -0.25) is 4.99 Å². The van der Waals surface area contributed by atoms with Crippen molar-refractivity contribution in [1.82, 2.24) is 9.97 Å². The molecule has 0 spiro atoms. The molecule has 0 bridgehead atoms. The van der Waals surface area contributed by atoms with E-state index in [1.165, 1.54) is 12.1 Å². The average molecular weight is 463 g/mol. The minimum Gasteiger partial charge on any atom is -0.494 e. The third-order valence-corrected chi connectivity index (χ3v) is 6.22. The van der Waals surface area contributed by atoms with Crippen molar-refractivity contribution in [3.63, 3.8) is 0 Å². The maximum atomic E-state index is 13.5. The van der Waals surface area contributed by atoms with Crippen LogP contribution in [0, 0.1) is 17.7 Å². The lowest BCUT2D eigenvalue weighted by atomic mass is 9.89. The number of halogens is 1. The molecule has 2 unspecified atom stereocenters. The Bertz CT molecular complexity index is 1180. The number of nitrogens with zero attached hydrogens (tertiary/aromatic N) is 3. The molecule has 0 radical (unpaired) electrons. The fourth-order valence-electron chi connectivity index (χ4n) is 3.91. The molecule has 6 heteroatoms. The van der Waals surface area contributed by atoms with Gasteiger partial charge in [-0.05, 0) is 67.5 Å². The molecule has 0 aliphatic heterocycles. The largest absolute Gasteiger partial charge is 0.494 e. The van der Waals surface area contributed by atoms with E-state index >= 15 is 0 Å². The first kappa shape index (κ1) is 25.3. The first-order chi connectivity index (χ1) is 16.3. The molecule has 1 heterocycles. The summed E-state index contributed by atoms with van der Waals surface area (Å²) in [5.74, 6) is 1.69. The highest BCUT2D eigenvalue weighted by atomic mass is 19.1. The number of hydrogen-bond donors (Lipinski definition) is 1. The fourth-order valence-corrected chi connectivity index (χ4v) is 3.91. The third kappa shape index (κ3) is 5.61. The van der Waals surface area contributed by atoms with E-state index in [2.05, 4.69) is 43.0 Å². The predicted molar refractivity (Wildman–Crippen MR) is 140 cm³/mol. The highest BCUT2D eigenvalue weighted by Crippen LogP contribution is 2.35. The number of rotatable bonds is 9. The summed E-state index contributed by atoms with van der Waals surface area (Å²) < 4.78 is 19.2. The normalized spacial score (nSPS) is 14.4. The van der Waals surface area contributed by atoms with E-state index < -0.39 is 0 Å². The second-order valence-corrected chi connectivity index (χ2v) is 8.95. The van der Waals surface area contributed by atoms with Crippen LogP contribution in [0.15, 0.2) is 59.5 Å². The Balaban J connectivity index is 2.16. The molecule has 3 aromatic rings. The summed E-state index contributed by atoms with van der Waals surface area (Å²) in [5, 5.41) is 4.53. The van der Waals surface area contributed by atoms with E-state index in [0.29, 0.717) is 11.7 Å². The molecule has 1 N–H and O–H groups in total. The number of benzene rings is 2. The number of aromatic nitrogens is 2. The molecule has 180 valence electrons. The molecule has 0 saturated heterocycles. The highest BCUT2D eigenvalue weighted by Gasteiger charge is 2.25. The van der Waals surface area contributed by atoms with Crippen LogP contribution >= 0.6 is 0 Å².